The molecule has 3 N–H and O–H groups in total. The molecule has 0 bridgehead atoms. The summed E-state index contributed by atoms with van der Waals surface area (Å²) in [5, 5.41) is 5.35. The summed E-state index contributed by atoms with van der Waals surface area (Å²) >= 11 is 1.39. The van der Waals surface area contributed by atoms with Gasteiger partial charge in [-0.25, -0.2) is 4.98 Å². The highest BCUT2D eigenvalue weighted by atomic mass is 32.1. The molecule has 6 heteroatoms. The van der Waals surface area contributed by atoms with Gasteiger partial charge in [0.25, 0.3) is 5.91 Å². The van der Waals surface area contributed by atoms with E-state index in [1.54, 1.807) is 5.38 Å². The third-order valence-electron chi connectivity index (χ3n) is 3.56. The van der Waals surface area contributed by atoms with Gasteiger partial charge in [0, 0.05) is 11.9 Å². The summed E-state index contributed by atoms with van der Waals surface area (Å²) in [4.78, 5) is 16.3. The minimum Gasteiger partial charge on any atom is -0.491 e. The Bertz CT molecular complexity index is 674. The molecular formula is C18H25N3O2S. The van der Waals surface area contributed by atoms with Gasteiger partial charge in [-0.2, -0.15) is 0 Å². The van der Waals surface area contributed by atoms with Crippen LogP contribution in [0.5, 0.6) is 5.75 Å². The molecule has 0 fully saturated rings. The molecule has 1 heterocycles. The standard InChI is InChI=1S/C18H25N3O2S/c1-12(20-17(22)15-11-24-16(9-19)21-15)10-23-14-7-5-13(6-8-14)18(2,3)4/h5-8,11-12H,9-10,19H2,1-4H3,(H,20,22). The SMILES string of the molecule is CC(COc1ccc(C(C)(C)C)cc1)NC(=O)c1csc(CN)n1. The van der Waals surface area contributed by atoms with Gasteiger partial charge in [0.05, 0.1) is 6.04 Å². The molecule has 5 nitrogen and oxygen atoms in total. The Hall–Kier alpha value is -1.92. The van der Waals surface area contributed by atoms with Gasteiger partial charge in [0.15, 0.2) is 0 Å². The lowest BCUT2D eigenvalue weighted by molar-refractivity contribution is 0.0922. The Morgan fingerprint density at radius 2 is 2.00 bits per heavy atom. The number of thiazole rings is 1. The Morgan fingerprint density at radius 1 is 1.33 bits per heavy atom. The lowest BCUT2D eigenvalue weighted by atomic mass is 9.87. The van der Waals surface area contributed by atoms with E-state index in [4.69, 9.17) is 10.5 Å². The summed E-state index contributed by atoms with van der Waals surface area (Å²) in [5.74, 6) is 0.591. The van der Waals surface area contributed by atoms with Crippen LogP contribution in [-0.4, -0.2) is 23.5 Å². The van der Waals surface area contributed by atoms with Crippen molar-refractivity contribution < 1.29 is 9.53 Å². The maximum Gasteiger partial charge on any atom is 0.271 e. The maximum absolute atomic E-state index is 12.1. The molecule has 0 saturated heterocycles. The first-order valence-corrected chi connectivity index (χ1v) is 8.86. The zero-order valence-electron chi connectivity index (χ0n) is 14.6. The maximum atomic E-state index is 12.1. The molecule has 1 unspecified atom stereocenters. The number of nitrogens with zero attached hydrogens (tertiary/aromatic N) is 1. The van der Waals surface area contributed by atoms with Crippen molar-refractivity contribution in [1.82, 2.24) is 10.3 Å². The van der Waals surface area contributed by atoms with E-state index >= 15 is 0 Å². The normalized spacial score (nSPS) is 12.7. The second-order valence-electron chi connectivity index (χ2n) is 6.79. The Balaban J connectivity index is 1.84. The molecule has 24 heavy (non-hydrogen) atoms. The number of hydrogen-bond donors (Lipinski definition) is 2. The zero-order valence-corrected chi connectivity index (χ0v) is 15.4. The number of amides is 1. The van der Waals surface area contributed by atoms with Crippen LogP contribution in [0, 0.1) is 0 Å². The van der Waals surface area contributed by atoms with Gasteiger partial charge in [-0.05, 0) is 30.0 Å². The number of carbonyl (C=O) groups is 1. The van der Waals surface area contributed by atoms with E-state index in [1.165, 1.54) is 16.9 Å². The third-order valence-corrected chi connectivity index (χ3v) is 4.43. The highest BCUT2D eigenvalue weighted by Crippen LogP contribution is 2.24. The molecule has 0 radical (unpaired) electrons. The van der Waals surface area contributed by atoms with Gasteiger partial charge in [-0.1, -0.05) is 32.9 Å². The minimum absolute atomic E-state index is 0.121. The number of benzene rings is 1. The highest BCUT2D eigenvalue weighted by molar-refractivity contribution is 7.09. The van der Waals surface area contributed by atoms with E-state index in [1.807, 2.05) is 19.1 Å². The summed E-state index contributed by atoms with van der Waals surface area (Å²) in [5.41, 5.74) is 7.30. The molecule has 1 amide bonds. The van der Waals surface area contributed by atoms with E-state index in [-0.39, 0.29) is 17.4 Å². The predicted molar refractivity (Wildman–Crippen MR) is 97.6 cm³/mol. The van der Waals surface area contributed by atoms with Crippen LogP contribution in [0.4, 0.5) is 0 Å². The van der Waals surface area contributed by atoms with E-state index in [9.17, 15) is 4.79 Å². The first kappa shape index (κ1) is 18.4. The van der Waals surface area contributed by atoms with Crippen molar-refractivity contribution in [2.24, 2.45) is 5.73 Å². The van der Waals surface area contributed by atoms with E-state index in [0.29, 0.717) is 18.8 Å². The molecule has 1 atom stereocenters. The molecule has 2 aromatic rings. The summed E-state index contributed by atoms with van der Waals surface area (Å²) in [7, 11) is 0. The van der Waals surface area contributed by atoms with Gasteiger partial charge in [-0.15, -0.1) is 11.3 Å². The molecular weight excluding hydrogens is 322 g/mol. The predicted octanol–water partition coefficient (Wildman–Crippen LogP) is 3.10. The molecule has 0 spiro atoms. The first-order valence-electron chi connectivity index (χ1n) is 7.98. The number of aromatic nitrogens is 1. The summed E-state index contributed by atoms with van der Waals surface area (Å²) in [6.07, 6.45) is 0. The lowest BCUT2D eigenvalue weighted by Crippen LogP contribution is -2.37. The van der Waals surface area contributed by atoms with E-state index < -0.39 is 0 Å². The second kappa shape index (κ2) is 7.77. The fraction of sp³-hybridized carbons (Fsp3) is 0.444. The number of ether oxygens (including phenoxy) is 1. The van der Waals surface area contributed by atoms with Crippen molar-refractivity contribution >= 4 is 17.2 Å². The lowest BCUT2D eigenvalue weighted by Gasteiger charge is -2.19. The average Bonchev–Trinajstić information content (AvgIpc) is 3.01. The van der Waals surface area contributed by atoms with Crippen molar-refractivity contribution in [3.8, 4) is 5.75 Å². The summed E-state index contributed by atoms with van der Waals surface area (Å²) in [6, 6.07) is 7.94. The van der Waals surface area contributed by atoms with Crippen LogP contribution in [-0.2, 0) is 12.0 Å². The van der Waals surface area contributed by atoms with Gasteiger partial charge in [0.1, 0.15) is 23.1 Å². The minimum atomic E-state index is -0.204. The van der Waals surface area contributed by atoms with Crippen molar-refractivity contribution in [2.75, 3.05) is 6.61 Å². The van der Waals surface area contributed by atoms with Gasteiger partial charge < -0.3 is 15.8 Å². The van der Waals surface area contributed by atoms with Crippen molar-refractivity contribution in [3.05, 3.63) is 45.9 Å². The molecule has 130 valence electrons. The topological polar surface area (TPSA) is 77.2 Å². The van der Waals surface area contributed by atoms with Crippen LogP contribution in [0.2, 0.25) is 0 Å². The van der Waals surface area contributed by atoms with Crippen molar-refractivity contribution in [2.45, 2.75) is 45.7 Å². The highest BCUT2D eigenvalue weighted by Gasteiger charge is 2.15. The zero-order chi connectivity index (χ0) is 17.7. The number of nitrogens with two attached hydrogens (primary N) is 1. The molecule has 1 aromatic carbocycles. The van der Waals surface area contributed by atoms with E-state index in [2.05, 4.69) is 43.2 Å². The molecule has 0 aliphatic rings. The fourth-order valence-corrected chi connectivity index (χ4v) is 2.78. The fourth-order valence-electron chi connectivity index (χ4n) is 2.12. The van der Waals surface area contributed by atoms with Crippen LogP contribution in [0.3, 0.4) is 0 Å². The molecule has 1 aromatic heterocycles. The Kier molecular flexibility index (Phi) is 5.96. The Morgan fingerprint density at radius 3 is 2.54 bits per heavy atom. The quantitative estimate of drug-likeness (QED) is 0.842. The van der Waals surface area contributed by atoms with Crippen LogP contribution in [0.1, 0.15) is 48.8 Å². The third kappa shape index (κ3) is 5.04. The van der Waals surface area contributed by atoms with E-state index in [0.717, 1.165) is 10.8 Å². The van der Waals surface area contributed by atoms with Crippen molar-refractivity contribution in [3.63, 3.8) is 0 Å². The van der Waals surface area contributed by atoms with Crippen LogP contribution in [0.25, 0.3) is 0 Å². The number of hydrogen-bond acceptors (Lipinski definition) is 5. The number of nitrogens with one attached hydrogen (secondary N) is 1. The van der Waals surface area contributed by atoms with Crippen LogP contribution in [0.15, 0.2) is 29.6 Å². The average molecular weight is 347 g/mol. The second-order valence-corrected chi connectivity index (χ2v) is 7.73. The van der Waals surface area contributed by atoms with Crippen LogP contribution < -0.4 is 15.8 Å². The first-order chi connectivity index (χ1) is 11.3. The molecule has 2 rings (SSSR count). The smallest absolute Gasteiger partial charge is 0.271 e. The van der Waals surface area contributed by atoms with Gasteiger partial charge in [0.2, 0.25) is 0 Å². The summed E-state index contributed by atoms with van der Waals surface area (Å²) < 4.78 is 5.75. The largest absolute Gasteiger partial charge is 0.491 e. The number of carbonyl (C=O) groups excluding carboxylic acids is 1. The molecule has 0 saturated carbocycles. The number of rotatable bonds is 6. The van der Waals surface area contributed by atoms with Gasteiger partial charge in [-0.3, -0.25) is 4.79 Å². The molecule has 0 aliphatic heterocycles. The monoisotopic (exact) mass is 347 g/mol. The van der Waals surface area contributed by atoms with Crippen molar-refractivity contribution in [1.29, 1.82) is 0 Å². The van der Waals surface area contributed by atoms with Gasteiger partial charge >= 0.3 is 0 Å². The molecule has 0 aliphatic carbocycles. The summed E-state index contributed by atoms with van der Waals surface area (Å²) in [6.45, 7) is 9.17. The Labute approximate surface area is 147 Å². The van der Waals surface area contributed by atoms with Crippen LogP contribution >= 0.6 is 11.3 Å².